The standard InChI is InChI=1S/C15H27NO3/c1-4-16-9-15(19)8-7-12(17)14(10(2)3)11(15)5-6-13(16)18/h10-11,13-14,18-19H,4-9H2,1-3H3/t11?,13?,14-,15+/m0/s1. The molecule has 2 aliphatic rings. The van der Waals surface area contributed by atoms with Gasteiger partial charge in [-0.3, -0.25) is 9.69 Å². The molecule has 2 unspecified atom stereocenters. The third kappa shape index (κ3) is 2.71. The maximum Gasteiger partial charge on any atom is 0.136 e. The molecule has 0 bridgehead atoms. The zero-order valence-electron chi connectivity index (χ0n) is 12.3. The Hall–Kier alpha value is -0.450. The van der Waals surface area contributed by atoms with Crippen molar-refractivity contribution < 1.29 is 15.0 Å². The number of likely N-dealkylation sites (tertiary alicyclic amines) is 1. The number of rotatable bonds is 2. The van der Waals surface area contributed by atoms with E-state index < -0.39 is 11.8 Å². The van der Waals surface area contributed by atoms with Gasteiger partial charge in [-0.15, -0.1) is 0 Å². The molecule has 1 aliphatic heterocycles. The van der Waals surface area contributed by atoms with E-state index in [2.05, 4.69) is 13.8 Å². The first-order chi connectivity index (χ1) is 8.89. The molecule has 0 aromatic rings. The summed E-state index contributed by atoms with van der Waals surface area (Å²) in [6.45, 7) is 7.35. The largest absolute Gasteiger partial charge is 0.388 e. The Morgan fingerprint density at radius 1 is 1.42 bits per heavy atom. The molecular formula is C15H27NO3. The Bertz CT molecular complexity index is 344. The molecule has 2 fully saturated rings. The fourth-order valence-electron chi connectivity index (χ4n) is 4.02. The van der Waals surface area contributed by atoms with Gasteiger partial charge in [0.2, 0.25) is 0 Å². The second-order valence-electron chi connectivity index (χ2n) is 6.57. The van der Waals surface area contributed by atoms with Crippen LogP contribution in [-0.4, -0.2) is 45.8 Å². The van der Waals surface area contributed by atoms with Crippen LogP contribution in [-0.2, 0) is 4.79 Å². The summed E-state index contributed by atoms with van der Waals surface area (Å²) in [6.07, 6.45) is 1.93. The summed E-state index contributed by atoms with van der Waals surface area (Å²) in [7, 11) is 0. The highest BCUT2D eigenvalue weighted by atomic mass is 16.3. The highest BCUT2D eigenvalue weighted by Gasteiger charge is 2.51. The van der Waals surface area contributed by atoms with Crippen molar-refractivity contribution >= 4 is 5.78 Å². The molecule has 110 valence electrons. The minimum atomic E-state index is -0.809. The molecule has 4 nitrogen and oxygen atoms in total. The monoisotopic (exact) mass is 269 g/mol. The third-order valence-electron chi connectivity index (χ3n) is 5.06. The number of ketones is 1. The lowest BCUT2D eigenvalue weighted by Crippen LogP contribution is -2.55. The Morgan fingerprint density at radius 3 is 2.68 bits per heavy atom. The molecule has 0 radical (unpaired) electrons. The van der Waals surface area contributed by atoms with Crippen molar-refractivity contribution in [3.8, 4) is 0 Å². The maximum absolute atomic E-state index is 12.2. The normalized spacial score (nSPS) is 41.2. The minimum Gasteiger partial charge on any atom is -0.388 e. The molecule has 1 aliphatic carbocycles. The van der Waals surface area contributed by atoms with Crippen molar-refractivity contribution in [2.24, 2.45) is 17.8 Å². The van der Waals surface area contributed by atoms with E-state index >= 15 is 0 Å². The number of fused-ring (bicyclic) bond motifs is 1. The predicted molar refractivity (Wildman–Crippen MR) is 73.5 cm³/mol. The molecule has 4 atom stereocenters. The van der Waals surface area contributed by atoms with Gasteiger partial charge in [-0.05, 0) is 37.6 Å². The number of hydrogen-bond donors (Lipinski definition) is 2. The first-order valence-corrected chi connectivity index (χ1v) is 7.56. The quantitative estimate of drug-likeness (QED) is 0.795. The first-order valence-electron chi connectivity index (χ1n) is 7.56. The molecule has 1 saturated carbocycles. The Balaban J connectivity index is 2.29. The van der Waals surface area contributed by atoms with Gasteiger partial charge in [-0.2, -0.15) is 0 Å². The molecular weight excluding hydrogens is 242 g/mol. The van der Waals surface area contributed by atoms with Crippen LogP contribution in [0, 0.1) is 17.8 Å². The van der Waals surface area contributed by atoms with Crippen molar-refractivity contribution in [3.63, 3.8) is 0 Å². The molecule has 0 aromatic heterocycles. The summed E-state index contributed by atoms with van der Waals surface area (Å²) < 4.78 is 0. The molecule has 2 N–H and O–H groups in total. The summed E-state index contributed by atoms with van der Waals surface area (Å²) >= 11 is 0. The van der Waals surface area contributed by atoms with E-state index in [1.807, 2.05) is 11.8 Å². The van der Waals surface area contributed by atoms with Crippen LogP contribution < -0.4 is 0 Å². The van der Waals surface area contributed by atoms with E-state index in [1.54, 1.807) is 0 Å². The summed E-state index contributed by atoms with van der Waals surface area (Å²) in [4.78, 5) is 14.1. The highest BCUT2D eigenvalue weighted by Crippen LogP contribution is 2.44. The number of nitrogens with zero attached hydrogens (tertiary/aromatic N) is 1. The average Bonchev–Trinajstić information content (AvgIpc) is 2.47. The lowest BCUT2D eigenvalue weighted by molar-refractivity contribution is -0.146. The van der Waals surface area contributed by atoms with E-state index in [0.717, 1.165) is 13.0 Å². The summed E-state index contributed by atoms with van der Waals surface area (Å²) in [5, 5.41) is 21.2. The Labute approximate surface area is 115 Å². The van der Waals surface area contributed by atoms with E-state index in [1.165, 1.54) is 0 Å². The molecule has 2 rings (SSSR count). The van der Waals surface area contributed by atoms with Crippen LogP contribution in [0.4, 0.5) is 0 Å². The molecule has 4 heteroatoms. The van der Waals surface area contributed by atoms with Crippen LogP contribution in [0.2, 0.25) is 0 Å². The van der Waals surface area contributed by atoms with Crippen LogP contribution in [0.15, 0.2) is 0 Å². The van der Waals surface area contributed by atoms with Crippen LogP contribution in [0.3, 0.4) is 0 Å². The van der Waals surface area contributed by atoms with Gasteiger partial charge in [0.25, 0.3) is 0 Å². The van der Waals surface area contributed by atoms with Crippen molar-refractivity contribution in [1.82, 2.24) is 4.90 Å². The van der Waals surface area contributed by atoms with Gasteiger partial charge in [0.1, 0.15) is 12.0 Å². The zero-order valence-corrected chi connectivity index (χ0v) is 12.3. The van der Waals surface area contributed by atoms with Gasteiger partial charge in [0.05, 0.1) is 5.60 Å². The van der Waals surface area contributed by atoms with Gasteiger partial charge in [-0.1, -0.05) is 20.8 Å². The van der Waals surface area contributed by atoms with Gasteiger partial charge < -0.3 is 10.2 Å². The van der Waals surface area contributed by atoms with Gasteiger partial charge in [0, 0.05) is 18.9 Å². The van der Waals surface area contributed by atoms with Crippen molar-refractivity contribution in [2.75, 3.05) is 13.1 Å². The van der Waals surface area contributed by atoms with Crippen LogP contribution in [0.25, 0.3) is 0 Å². The van der Waals surface area contributed by atoms with Crippen LogP contribution >= 0.6 is 0 Å². The molecule has 19 heavy (non-hydrogen) atoms. The van der Waals surface area contributed by atoms with Gasteiger partial charge in [-0.25, -0.2) is 0 Å². The number of hydrogen-bond acceptors (Lipinski definition) is 4. The van der Waals surface area contributed by atoms with Gasteiger partial charge in [0.15, 0.2) is 0 Å². The fraction of sp³-hybridized carbons (Fsp3) is 0.933. The number of likely N-dealkylation sites (N-methyl/N-ethyl adjacent to an activating group) is 1. The van der Waals surface area contributed by atoms with E-state index in [4.69, 9.17) is 0 Å². The Morgan fingerprint density at radius 2 is 2.11 bits per heavy atom. The van der Waals surface area contributed by atoms with Crippen molar-refractivity contribution in [2.45, 2.75) is 58.3 Å². The van der Waals surface area contributed by atoms with Gasteiger partial charge >= 0.3 is 0 Å². The number of carbonyl (C=O) groups excluding carboxylic acids is 1. The number of aliphatic hydroxyl groups is 2. The fourth-order valence-corrected chi connectivity index (χ4v) is 4.02. The number of Topliss-reactive ketones (excluding diaryl/α,β-unsaturated/α-hetero) is 1. The number of β-amino-alcohol motifs (C(OH)–C–C–N with tert-alkyl or cyclic N) is 1. The summed E-state index contributed by atoms with van der Waals surface area (Å²) in [5.74, 6) is 0.501. The maximum atomic E-state index is 12.2. The highest BCUT2D eigenvalue weighted by molar-refractivity contribution is 5.82. The topological polar surface area (TPSA) is 60.8 Å². The minimum absolute atomic E-state index is 0.0000463. The number of aliphatic hydroxyl groups excluding tert-OH is 1. The van der Waals surface area contributed by atoms with E-state index in [-0.39, 0.29) is 17.8 Å². The van der Waals surface area contributed by atoms with Crippen molar-refractivity contribution in [3.05, 3.63) is 0 Å². The predicted octanol–water partition coefficient (Wildman–Crippen LogP) is 1.40. The molecule has 1 saturated heterocycles. The Kier molecular flexibility index (Phi) is 4.33. The smallest absolute Gasteiger partial charge is 0.136 e. The third-order valence-corrected chi connectivity index (χ3v) is 5.06. The van der Waals surface area contributed by atoms with E-state index in [0.29, 0.717) is 31.6 Å². The second kappa shape index (κ2) is 5.51. The van der Waals surface area contributed by atoms with Crippen LogP contribution in [0.1, 0.15) is 46.5 Å². The average molecular weight is 269 g/mol. The summed E-state index contributed by atoms with van der Waals surface area (Å²) in [5.41, 5.74) is -0.809. The zero-order chi connectivity index (χ0) is 14.2. The lowest BCUT2D eigenvalue weighted by atomic mass is 9.63. The second-order valence-corrected chi connectivity index (χ2v) is 6.57. The molecule has 0 aromatic carbocycles. The number of carbonyl (C=O) groups is 1. The molecule has 0 spiro atoms. The van der Waals surface area contributed by atoms with Crippen molar-refractivity contribution in [1.29, 1.82) is 0 Å². The molecule has 1 heterocycles. The lowest BCUT2D eigenvalue weighted by Gasteiger charge is -2.45. The first kappa shape index (κ1) is 14.9. The summed E-state index contributed by atoms with van der Waals surface area (Å²) in [6, 6.07) is 0. The van der Waals surface area contributed by atoms with Crippen LogP contribution in [0.5, 0.6) is 0 Å². The van der Waals surface area contributed by atoms with E-state index in [9.17, 15) is 15.0 Å². The molecule has 0 amide bonds. The SMILES string of the molecule is CCN1C[C@]2(O)CCC(=O)[C@@H](C(C)C)C2CCC1O.